The molecule has 1 aliphatic rings. The van der Waals surface area contributed by atoms with Crippen LogP contribution in [-0.2, 0) is 6.54 Å². The molecule has 6 nitrogen and oxygen atoms in total. The van der Waals surface area contributed by atoms with Crippen LogP contribution in [0.5, 0.6) is 0 Å². The molecule has 0 amide bonds. The Bertz CT molecular complexity index is 1420. The normalized spacial score (nSPS) is 16.1. The van der Waals surface area contributed by atoms with Crippen LogP contribution in [-0.4, -0.2) is 33.0 Å². The van der Waals surface area contributed by atoms with Crippen LogP contribution in [0.15, 0.2) is 60.8 Å². The summed E-state index contributed by atoms with van der Waals surface area (Å²) in [6, 6.07) is 20.1. The van der Waals surface area contributed by atoms with Crippen molar-refractivity contribution < 1.29 is 0 Å². The highest BCUT2D eigenvalue weighted by Gasteiger charge is 2.20. The molecule has 0 saturated carbocycles. The zero-order valence-electron chi connectivity index (χ0n) is 19.5. The van der Waals surface area contributed by atoms with Crippen molar-refractivity contribution in [2.24, 2.45) is 0 Å². The van der Waals surface area contributed by atoms with Gasteiger partial charge in [0.2, 0.25) is 0 Å². The monoisotopic (exact) mass is 450 g/mol. The Labute approximate surface area is 199 Å². The minimum atomic E-state index is 0.346. The average molecular weight is 451 g/mol. The summed E-state index contributed by atoms with van der Waals surface area (Å²) in [5.41, 5.74) is 6.77. The van der Waals surface area contributed by atoms with E-state index in [1.54, 1.807) is 0 Å². The number of H-pyrrole nitrogens is 2. The van der Waals surface area contributed by atoms with Crippen LogP contribution < -0.4 is 10.6 Å². The molecule has 4 N–H and O–H groups in total. The first-order chi connectivity index (χ1) is 16.8. The lowest BCUT2D eigenvalue weighted by atomic mass is 9.99. The number of benzene rings is 3. The van der Waals surface area contributed by atoms with Gasteiger partial charge in [-0.2, -0.15) is 0 Å². The summed E-state index contributed by atoms with van der Waals surface area (Å²) < 4.78 is 0. The lowest BCUT2D eigenvalue weighted by Gasteiger charge is -2.06. The van der Waals surface area contributed by atoms with Gasteiger partial charge < -0.3 is 20.6 Å². The molecule has 1 saturated heterocycles. The fourth-order valence-corrected chi connectivity index (χ4v) is 4.91. The molecular formula is C28H30N6. The minimum absolute atomic E-state index is 0.346. The number of nitrogens with zero attached hydrogens (tertiary/aromatic N) is 2. The van der Waals surface area contributed by atoms with E-state index in [9.17, 15) is 0 Å². The summed E-state index contributed by atoms with van der Waals surface area (Å²) in [5, 5.41) is 9.33. The van der Waals surface area contributed by atoms with Crippen LogP contribution in [0.2, 0.25) is 0 Å². The van der Waals surface area contributed by atoms with E-state index >= 15 is 0 Å². The van der Waals surface area contributed by atoms with E-state index in [1.165, 1.54) is 28.3 Å². The maximum atomic E-state index is 4.96. The molecule has 1 atom stereocenters. The molecule has 3 aromatic carbocycles. The number of fused-ring (bicyclic) bond motifs is 3. The summed E-state index contributed by atoms with van der Waals surface area (Å²) >= 11 is 0. The van der Waals surface area contributed by atoms with Gasteiger partial charge in [0.05, 0.1) is 35.5 Å². The lowest BCUT2D eigenvalue weighted by Crippen LogP contribution is -2.14. The van der Waals surface area contributed by atoms with E-state index in [4.69, 9.17) is 4.98 Å². The smallest absolute Gasteiger partial charge is 0.124 e. The SMILES string of the molecule is CCCNCc1ncc(-c2ccc(-c3ccc4c(ccc5[nH]c([C@@H]6CCCN6)nc54)c3)cc2)[nH]1. The molecule has 1 fully saturated rings. The molecule has 172 valence electrons. The Kier molecular flexibility index (Phi) is 5.61. The summed E-state index contributed by atoms with van der Waals surface area (Å²) in [5.74, 6) is 2.03. The molecule has 0 aliphatic carbocycles. The summed E-state index contributed by atoms with van der Waals surface area (Å²) in [4.78, 5) is 16.4. The number of imidazole rings is 2. The van der Waals surface area contributed by atoms with Crippen molar-refractivity contribution in [1.82, 2.24) is 30.6 Å². The molecular weight excluding hydrogens is 420 g/mol. The zero-order valence-corrected chi connectivity index (χ0v) is 19.5. The maximum Gasteiger partial charge on any atom is 0.124 e. The molecule has 0 radical (unpaired) electrons. The Morgan fingerprint density at radius 1 is 0.971 bits per heavy atom. The van der Waals surface area contributed by atoms with Crippen LogP contribution in [0, 0.1) is 0 Å². The number of aromatic nitrogens is 4. The van der Waals surface area contributed by atoms with E-state index in [-0.39, 0.29) is 0 Å². The molecule has 34 heavy (non-hydrogen) atoms. The Hall–Kier alpha value is -3.48. The first-order valence-corrected chi connectivity index (χ1v) is 12.3. The highest BCUT2D eigenvalue weighted by molar-refractivity contribution is 6.05. The molecule has 1 aliphatic heterocycles. The van der Waals surface area contributed by atoms with Gasteiger partial charge in [0.15, 0.2) is 0 Å². The van der Waals surface area contributed by atoms with Crippen molar-refractivity contribution in [1.29, 1.82) is 0 Å². The second-order valence-electron chi connectivity index (χ2n) is 9.17. The van der Waals surface area contributed by atoms with Crippen molar-refractivity contribution in [3.05, 3.63) is 72.4 Å². The second-order valence-corrected chi connectivity index (χ2v) is 9.17. The zero-order chi connectivity index (χ0) is 22.9. The Balaban J connectivity index is 1.25. The highest BCUT2D eigenvalue weighted by Crippen LogP contribution is 2.31. The predicted molar refractivity (Wildman–Crippen MR) is 139 cm³/mol. The molecule has 3 heterocycles. The highest BCUT2D eigenvalue weighted by atomic mass is 15.0. The fourth-order valence-electron chi connectivity index (χ4n) is 4.91. The van der Waals surface area contributed by atoms with Gasteiger partial charge >= 0.3 is 0 Å². The van der Waals surface area contributed by atoms with Gasteiger partial charge in [-0.25, -0.2) is 9.97 Å². The molecule has 6 rings (SSSR count). The first kappa shape index (κ1) is 21.1. The van der Waals surface area contributed by atoms with Crippen molar-refractivity contribution in [3.63, 3.8) is 0 Å². The standard InChI is InChI=1S/C28H30N6/c1-2-13-29-17-26-31-16-25(32-26)19-7-5-18(6-8-19)20-9-11-22-21(15-20)10-12-23-27(22)34-28(33-23)24-4-3-14-30-24/h5-12,15-16,24,29-30H,2-4,13-14,17H2,1H3,(H,31,32)(H,33,34)/t24-/m0/s1. The lowest BCUT2D eigenvalue weighted by molar-refractivity contribution is 0.614. The van der Waals surface area contributed by atoms with Crippen LogP contribution >= 0.6 is 0 Å². The second kappa shape index (κ2) is 9.05. The number of aromatic amines is 2. The van der Waals surface area contributed by atoms with Crippen molar-refractivity contribution in [2.75, 3.05) is 13.1 Å². The van der Waals surface area contributed by atoms with Crippen LogP contribution in [0.1, 0.15) is 43.9 Å². The molecule has 2 aromatic heterocycles. The molecule has 0 unspecified atom stereocenters. The van der Waals surface area contributed by atoms with Gasteiger partial charge in [-0.1, -0.05) is 49.4 Å². The van der Waals surface area contributed by atoms with Crippen molar-refractivity contribution >= 4 is 21.8 Å². The minimum Gasteiger partial charge on any atom is -0.341 e. The van der Waals surface area contributed by atoms with Gasteiger partial charge in [0.1, 0.15) is 11.6 Å². The van der Waals surface area contributed by atoms with Gasteiger partial charge in [0.25, 0.3) is 0 Å². The summed E-state index contributed by atoms with van der Waals surface area (Å²) in [6.07, 6.45) is 5.39. The van der Waals surface area contributed by atoms with Gasteiger partial charge in [-0.3, -0.25) is 0 Å². The predicted octanol–water partition coefficient (Wildman–Crippen LogP) is 5.70. The van der Waals surface area contributed by atoms with Crippen LogP contribution in [0.25, 0.3) is 44.2 Å². The fraction of sp³-hybridized carbons (Fsp3) is 0.286. The number of hydrogen-bond donors (Lipinski definition) is 4. The number of nitrogens with one attached hydrogen (secondary N) is 4. The van der Waals surface area contributed by atoms with Gasteiger partial charge in [0, 0.05) is 5.39 Å². The largest absolute Gasteiger partial charge is 0.341 e. The van der Waals surface area contributed by atoms with E-state index in [0.29, 0.717) is 6.04 Å². The third-order valence-electron chi connectivity index (χ3n) is 6.75. The quantitative estimate of drug-likeness (QED) is 0.240. The van der Waals surface area contributed by atoms with E-state index in [0.717, 1.165) is 66.4 Å². The molecule has 6 heteroatoms. The third-order valence-corrected chi connectivity index (χ3v) is 6.75. The Morgan fingerprint density at radius 2 is 1.82 bits per heavy atom. The first-order valence-electron chi connectivity index (χ1n) is 12.3. The molecule has 0 bridgehead atoms. The van der Waals surface area contributed by atoms with Gasteiger partial charge in [-0.05, 0) is 66.6 Å². The van der Waals surface area contributed by atoms with Crippen molar-refractivity contribution in [2.45, 2.75) is 38.8 Å². The van der Waals surface area contributed by atoms with Crippen LogP contribution in [0.3, 0.4) is 0 Å². The van der Waals surface area contributed by atoms with E-state index < -0.39 is 0 Å². The van der Waals surface area contributed by atoms with Crippen LogP contribution in [0.4, 0.5) is 0 Å². The van der Waals surface area contributed by atoms with E-state index in [1.807, 2.05) is 6.20 Å². The number of rotatable bonds is 7. The molecule has 5 aromatic rings. The third kappa shape index (κ3) is 4.00. The van der Waals surface area contributed by atoms with Gasteiger partial charge in [-0.15, -0.1) is 0 Å². The molecule has 0 spiro atoms. The average Bonchev–Trinajstić information content (AvgIpc) is 3.64. The maximum absolute atomic E-state index is 4.96. The summed E-state index contributed by atoms with van der Waals surface area (Å²) in [7, 11) is 0. The Morgan fingerprint density at radius 3 is 2.65 bits per heavy atom. The number of hydrogen-bond acceptors (Lipinski definition) is 4. The van der Waals surface area contributed by atoms with Crippen molar-refractivity contribution in [3.8, 4) is 22.4 Å². The topological polar surface area (TPSA) is 81.4 Å². The van der Waals surface area contributed by atoms with E-state index in [2.05, 4.69) is 87.1 Å². The summed E-state index contributed by atoms with van der Waals surface area (Å²) in [6.45, 7) is 5.01.